The molecule has 2 N–H and O–H groups in total. The third-order valence-electron chi connectivity index (χ3n) is 4.72. The molecule has 0 fully saturated rings. The van der Waals surface area contributed by atoms with Crippen molar-refractivity contribution in [3.63, 3.8) is 0 Å². The number of fused-ring (bicyclic) bond motifs is 2. The molecule has 5 aromatic heterocycles. The van der Waals surface area contributed by atoms with Crippen LogP contribution in [-0.4, -0.2) is 19.6 Å². The molecule has 29 heavy (non-hydrogen) atoms. The Morgan fingerprint density at radius 3 is 2.31 bits per heavy atom. The normalized spacial score (nSPS) is 11.0. The van der Waals surface area contributed by atoms with E-state index in [0.717, 1.165) is 5.56 Å². The number of nitrogens with zero attached hydrogens (tertiary/aromatic N) is 5. The van der Waals surface area contributed by atoms with E-state index in [-0.39, 0.29) is 11.2 Å². The van der Waals surface area contributed by atoms with Gasteiger partial charge in [0.1, 0.15) is 23.0 Å². The minimum absolute atomic E-state index is 0.115. The first-order valence-corrected chi connectivity index (χ1v) is 8.67. The molecule has 8 nitrogen and oxygen atoms in total. The summed E-state index contributed by atoms with van der Waals surface area (Å²) in [5, 5.41) is 14.9. The molecule has 0 aliphatic heterocycles. The average Bonchev–Trinajstić information content (AvgIpc) is 3.21. The first-order chi connectivity index (χ1) is 14.2. The average molecular weight is 380 g/mol. The minimum Gasteiger partial charge on any atom is -0.422 e. The fraction of sp³-hybridized carbons (Fsp3) is 0. The van der Waals surface area contributed by atoms with Gasteiger partial charge in [-0.1, -0.05) is 0 Å². The van der Waals surface area contributed by atoms with Crippen LogP contribution in [-0.2, 0) is 0 Å². The molecule has 138 valence electrons. The molecule has 0 unspecified atom stereocenters. The van der Waals surface area contributed by atoms with E-state index in [1.54, 1.807) is 61.2 Å². The maximum Gasteiger partial charge on any atom is 0.347 e. The zero-order valence-corrected chi connectivity index (χ0v) is 14.9. The number of anilines is 1. The van der Waals surface area contributed by atoms with Gasteiger partial charge in [-0.15, -0.1) is 0 Å². The Bertz CT molecular complexity index is 1480. The van der Waals surface area contributed by atoms with Gasteiger partial charge in [0, 0.05) is 41.3 Å². The lowest BCUT2D eigenvalue weighted by atomic mass is 10.0. The molecule has 0 aliphatic carbocycles. The number of pyridine rings is 3. The second-order valence-corrected chi connectivity index (χ2v) is 6.36. The lowest BCUT2D eigenvalue weighted by Gasteiger charge is -2.08. The molecule has 0 saturated heterocycles. The number of nitrogen functional groups attached to an aromatic ring is 1. The summed E-state index contributed by atoms with van der Waals surface area (Å²) in [5.74, 6) is 0.448. The zero-order valence-electron chi connectivity index (χ0n) is 14.9. The van der Waals surface area contributed by atoms with Crippen LogP contribution in [0.4, 0.5) is 5.82 Å². The van der Waals surface area contributed by atoms with E-state index in [2.05, 4.69) is 21.1 Å². The van der Waals surface area contributed by atoms with Crippen molar-refractivity contribution in [3.8, 4) is 28.7 Å². The Morgan fingerprint density at radius 2 is 1.66 bits per heavy atom. The quantitative estimate of drug-likeness (QED) is 0.499. The van der Waals surface area contributed by atoms with Crippen LogP contribution in [0.1, 0.15) is 5.56 Å². The van der Waals surface area contributed by atoms with Gasteiger partial charge in [-0.25, -0.2) is 9.31 Å². The van der Waals surface area contributed by atoms with Gasteiger partial charge in [0.05, 0.1) is 16.8 Å². The van der Waals surface area contributed by atoms with E-state index >= 15 is 0 Å². The third kappa shape index (κ3) is 2.53. The molecule has 0 spiro atoms. The van der Waals surface area contributed by atoms with E-state index in [1.165, 1.54) is 4.52 Å². The fourth-order valence-electron chi connectivity index (χ4n) is 3.36. The molecular weight excluding hydrogens is 368 g/mol. The fourth-order valence-corrected chi connectivity index (χ4v) is 3.36. The second-order valence-electron chi connectivity index (χ2n) is 6.36. The highest BCUT2D eigenvalue weighted by atomic mass is 16.4. The van der Waals surface area contributed by atoms with Crippen molar-refractivity contribution in [3.05, 3.63) is 77.2 Å². The summed E-state index contributed by atoms with van der Waals surface area (Å²) in [6.07, 6.45) is 6.50. The smallest absolute Gasteiger partial charge is 0.347 e. The number of nitrogens with two attached hydrogens (primary N) is 1. The van der Waals surface area contributed by atoms with Gasteiger partial charge in [0.25, 0.3) is 0 Å². The van der Waals surface area contributed by atoms with Gasteiger partial charge < -0.3 is 10.2 Å². The summed E-state index contributed by atoms with van der Waals surface area (Å²) in [7, 11) is 0. The van der Waals surface area contributed by atoms with Gasteiger partial charge in [0.2, 0.25) is 0 Å². The lowest BCUT2D eigenvalue weighted by molar-refractivity contribution is 0.534. The minimum atomic E-state index is -0.633. The van der Waals surface area contributed by atoms with Crippen molar-refractivity contribution in [2.24, 2.45) is 0 Å². The Kier molecular flexibility index (Phi) is 3.61. The van der Waals surface area contributed by atoms with Gasteiger partial charge in [-0.2, -0.15) is 10.4 Å². The molecule has 0 aromatic carbocycles. The second kappa shape index (κ2) is 6.28. The third-order valence-corrected chi connectivity index (χ3v) is 4.72. The van der Waals surface area contributed by atoms with Crippen LogP contribution in [0.3, 0.4) is 0 Å². The lowest BCUT2D eigenvalue weighted by Crippen LogP contribution is -2.10. The highest BCUT2D eigenvalue weighted by Gasteiger charge is 2.20. The first kappa shape index (κ1) is 16.6. The van der Waals surface area contributed by atoms with Crippen LogP contribution in [0.5, 0.6) is 0 Å². The van der Waals surface area contributed by atoms with Crippen LogP contribution in [0.15, 0.2) is 70.4 Å². The summed E-state index contributed by atoms with van der Waals surface area (Å²) in [6.45, 7) is 0. The van der Waals surface area contributed by atoms with Crippen LogP contribution in [0.25, 0.3) is 38.9 Å². The number of aromatic nitrogens is 4. The van der Waals surface area contributed by atoms with Gasteiger partial charge in [-0.3, -0.25) is 9.97 Å². The summed E-state index contributed by atoms with van der Waals surface area (Å²) in [6, 6.07) is 12.7. The molecule has 5 aromatic rings. The van der Waals surface area contributed by atoms with E-state index in [9.17, 15) is 10.1 Å². The summed E-state index contributed by atoms with van der Waals surface area (Å²) < 4.78 is 6.88. The van der Waals surface area contributed by atoms with Crippen molar-refractivity contribution in [1.29, 1.82) is 5.26 Å². The largest absolute Gasteiger partial charge is 0.422 e. The summed E-state index contributed by atoms with van der Waals surface area (Å²) in [4.78, 5) is 20.7. The predicted molar refractivity (Wildman–Crippen MR) is 107 cm³/mol. The molecule has 0 radical (unpaired) electrons. The molecule has 5 heterocycles. The summed E-state index contributed by atoms with van der Waals surface area (Å²) in [5.41, 5.74) is 8.55. The molecule has 0 aliphatic rings. The number of hydrogen-bond donors (Lipinski definition) is 1. The van der Waals surface area contributed by atoms with Crippen LogP contribution < -0.4 is 11.4 Å². The highest BCUT2D eigenvalue weighted by molar-refractivity contribution is 6.00. The molecule has 0 bridgehead atoms. The van der Waals surface area contributed by atoms with Crippen molar-refractivity contribution >= 4 is 22.1 Å². The van der Waals surface area contributed by atoms with Crippen LogP contribution in [0.2, 0.25) is 0 Å². The number of nitriles is 1. The Morgan fingerprint density at radius 1 is 1.00 bits per heavy atom. The molecule has 0 amide bonds. The van der Waals surface area contributed by atoms with E-state index < -0.39 is 5.63 Å². The first-order valence-electron chi connectivity index (χ1n) is 8.67. The van der Waals surface area contributed by atoms with Crippen molar-refractivity contribution < 1.29 is 4.42 Å². The van der Waals surface area contributed by atoms with Gasteiger partial charge >= 0.3 is 5.63 Å². The topological polar surface area (TPSA) is 123 Å². The highest BCUT2D eigenvalue weighted by Crippen LogP contribution is 2.31. The molecule has 5 rings (SSSR count). The van der Waals surface area contributed by atoms with E-state index in [1.807, 2.05) is 0 Å². The SMILES string of the molecule is N#Cc1c2cc(-c3ccncc3)oc(=O)c2c(N)n2nc(-c3ccncc3)cc12. The van der Waals surface area contributed by atoms with Crippen molar-refractivity contribution in [2.45, 2.75) is 0 Å². The van der Waals surface area contributed by atoms with Crippen molar-refractivity contribution in [2.75, 3.05) is 5.73 Å². The summed E-state index contributed by atoms with van der Waals surface area (Å²) >= 11 is 0. The van der Waals surface area contributed by atoms with E-state index in [4.69, 9.17) is 10.2 Å². The van der Waals surface area contributed by atoms with Crippen molar-refractivity contribution in [1.82, 2.24) is 19.6 Å². The van der Waals surface area contributed by atoms with Crippen LogP contribution in [0, 0.1) is 11.3 Å². The maximum absolute atomic E-state index is 12.8. The Balaban J connectivity index is 1.88. The Labute approximate surface area is 163 Å². The molecule has 0 atom stereocenters. The Hall–Kier alpha value is -4.51. The van der Waals surface area contributed by atoms with Gasteiger partial charge in [-0.05, 0) is 36.4 Å². The molecule has 0 saturated carbocycles. The molecule has 8 heteroatoms. The standard InChI is InChI=1S/C21H12N6O2/c22-11-15-14-9-18(13-3-7-25-8-4-13)29-21(28)19(14)20(23)27-17(15)10-16(26-27)12-1-5-24-6-2-12/h1-10H,23H2. The zero-order chi connectivity index (χ0) is 20.0. The number of hydrogen-bond acceptors (Lipinski definition) is 7. The molecular formula is C21H12N6O2. The van der Waals surface area contributed by atoms with Crippen LogP contribution >= 0.6 is 0 Å². The van der Waals surface area contributed by atoms with E-state index in [0.29, 0.717) is 33.5 Å². The monoisotopic (exact) mass is 380 g/mol. The van der Waals surface area contributed by atoms with Gasteiger partial charge in [0.15, 0.2) is 0 Å². The number of rotatable bonds is 2. The maximum atomic E-state index is 12.8. The predicted octanol–water partition coefficient (Wildman–Crippen LogP) is 3.02.